The fourth-order valence-electron chi connectivity index (χ4n) is 2.74. The van der Waals surface area contributed by atoms with Gasteiger partial charge in [-0.2, -0.15) is 13.1 Å². The van der Waals surface area contributed by atoms with Crippen LogP contribution in [0.4, 0.5) is 10.1 Å². The quantitative estimate of drug-likeness (QED) is 0.808. The van der Waals surface area contributed by atoms with Crippen LogP contribution in [-0.4, -0.2) is 32.4 Å². The number of benzene rings is 2. The molecule has 2 aromatic carbocycles. The maximum absolute atomic E-state index is 13.6. The second-order valence-corrected chi connectivity index (χ2v) is 7.61. The van der Waals surface area contributed by atoms with E-state index in [9.17, 15) is 22.7 Å². The maximum Gasteiger partial charge on any atom is 0.302 e. The molecular weight excluding hydrogens is 347 g/mol. The van der Waals surface area contributed by atoms with Gasteiger partial charge in [0, 0.05) is 0 Å². The summed E-state index contributed by atoms with van der Waals surface area (Å²) < 4.78 is 40.8. The van der Waals surface area contributed by atoms with Crippen molar-refractivity contribution in [3.8, 4) is 5.75 Å². The van der Waals surface area contributed by atoms with Gasteiger partial charge in [-0.05, 0) is 48.2 Å². The number of nitrogens with zero attached hydrogens (tertiary/aromatic N) is 1. The lowest BCUT2D eigenvalue weighted by atomic mass is 10.0. The Kier molecular flexibility index (Phi) is 4.49. The lowest BCUT2D eigenvalue weighted by Crippen LogP contribution is -2.30. The van der Waals surface area contributed by atoms with Gasteiger partial charge in [0.05, 0.1) is 18.3 Å². The summed E-state index contributed by atoms with van der Waals surface area (Å²) in [5.74, 6) is -0.519. The van der Waals surface area contributed by atoms with Crippen LogP contribution in [0.5, 0.6) is 5.75 Å². The monoisotopic (exact) mass is 364 g/mol. The Morgan fingerprint density at radius 3 is 2.56 bits per heavy atom. The van der Waals surface area contributed by atoms with E-state index in [1.807, 2.05) is 0 Å². The van der Waals surface area contributed by atoms with Crippen LogP contribution in [0.25, 0.3) is 0 Å². The van der Waals surface area contributed by atoms with E-state index >= 15 is 0 Å². The normalized spacial score (nSPS) is 19.1. The van der Waals surface area contributed by atoms with Gasteiger partial charge in [-0.3, -0.25) is 4.31 Å². The Bertz CT molecular complexity index is 930. The maximum atomic E-state index is 13.6. The van der Waals surface area contributed by atoms with Crippen LogP contribution in [0.1, 0.15) is 16.7 Å². The van der Waals surface area contributed by atoms with E-state index in [1.165, 1.54) is 18.2 Å². The van der Waals surface area contributed by atoms with Crippen molar-refractivity contribution in [2.24, 2.45) is 0 Å². The summed E-state index contributed by atoms with van der Waals surface area (Å²) in [6.45, 7) is 1.60. The Balaban J connectivity index is 1.86. The third kappa shape index (κ3) is 3.49. The number of carbonyl (C=O) groups excluding carboxylic acids is 1. The first-order chi connectivity index (χ1) is 11.8. The predicted molar refractivity (Wildman–Crippen MR) is 91.3 cm³/mol. The van der Waals surface area contributed by atoms with E-state index in [0.29, 0.717) is 23.8 Å². The summed E-state index contributed by atoms with van der Waals surface area (Å²) >= 11 is 0. The number of rotatable bonds is 4. The van der Waals surface area contributed by atoms with E-state index in [2.05, 4.69) is 4.72 Å². The topological polar surface area (TPSA) is 86.7 Å². The smallest absolute Gasteiger partial charge is 0.302 e. The molecule has 8 heteroatoms. The fraction of sp³-hybridized carbons (Fsp3) is 0.235. The molecule has 1 aliphatic heterocycles. The van der Waals surface area contributed by atoms with E-state index in [1.54, 1.807) is 25.1 Å². The first kappa shape index (κ1) is 17.4. The highest BCUT2D eigenvalue weighted by molar-refractivity contribution is 7.91. The van der Waals surface area contributed by atoms with Crippen molar-refractivity contribution in [1.82, 2.24) is 4.72 Å². The number of anilines is 1. The fourth-order valence-corrected chi connectivity index (χ4v) is 4.15. The van der Waals surface area contributed by atoms with Gasteiger partial charge >= 0.3 is 10.2 Å². The van der Waals surface area contributed by atoms with E-state index in [0.717, 1.165) is 9.87 Å². The summed E-state index contributed by atoms with van der Waals surface area (Å²) in [5, 5.41) is 10.2. The van der Waals surface area contributed by atoms with Crippen LogP contribution >= 0.6 is 0 Å². The second kappa shape index (κ2) is 6.45. The van der Waals surface area contributed by atoms with Crippen molar-refractivity contribution in [3.05, 3.63) is 58.9 Å². The van der Waals surface area contributed by atoms with Crippen LogP contribution in [0, 0.1) is 12.7 Å². The number of nitrogens with one attached hydrogen (secondary N) is 1. The molecule has 0 aromatic heterocycles. The molecule has 2 N–H and O–H groups in total. The van der Waals surface area contributed by atoms with Crippen LogP contribution in [-0.2, 0) is 21.4 Å². The van der Waals surface area contributed by atoms with Crippen LogP contribution in [0.15, 0.2) is 36.4 Å². The molecule has 1 unspecified atom stereocenters. The Hall–Kier alpha value is -2.45. The number of phenols is 1. The van der Waals surface area contributed by atoms with Crippen LogP contribution in [0.2, 0.25) is 0 Å². The number of aldehydes is 1. The zero-order valence-electron chi connectivity index (χ0n) is 13.4. The number of hydrogen-bond donors (Lipinski definition) is 2. The molecular formula is C17H17FN2O4S. The van der Waals surface area contributed by atoms with Crippen molar-refractivity contribution in [2.75, 3.05) is 10.8 Å². The first-order valence-corrected chi connectivity index (χ1v) is 9.06. The third-order valence-electron chi connectivity index (χ3n) is 4.07. The van der Waals surface area contributed by atoms with Gasteiger partial charge < -0.3 is 9.90 Å². The average molecular weight is 364 g/mol. The molecule has 25 heavy (non-hydrogen) atoms. The average Bonchev–Trinajstić information content (AvgIpc) is 2.86. The number of phenolic OH excluding ortho intramolecular Hbond substituents is 1. The Morgan fingerprint density at radius 2 is 1.96 bits per heavy atom. The van der Waals surface area contributed by atoms with E-state index in [4.69, 9.17) is 0 Å². The largest absolute Gasteiger partial charge is 0.506 e. The highest BCUT2D eigenvalue weighted by Crippen LogP contribution is 2.32. The van der Waals surface area contributed by atoms with Gasteiger partial charge in [-0.1, -0.05) is 18.2 Å². The van der Waals surface area contributed by atoms with E-state index < -0.39 is 16.3 Å². The number of aryl methyl sites for hydroxylation is 1. The predicted octanol–water partition coefficient (Wildman–Crippen LogP) is 1.65. The van der Waals surface area contributed by atoms with Gasteiger partial charge in [0.2, 0.25) is 0 Å². The van der Waals surface area contributed by atoms with Crippen molar-refractivity contribution in [2.45, 2.75) is 19.4 Å². The number of hydrogen-bond acceptors (Lipinski definition) is 4. The summed E-state index contributed by atoms with van der Waals surface area (Å²) in [5.41, 5.74) is 2.10. The minimum Gasteiger partial charge on any atom is -0.506 e. The van der Waals surface area contributed by atoms with Crippen LogP contribution in [0.3, 0.4) is 0 Å². The zero-order chi connectivity index (χ0) is 18.2. The number of halogens is 1. The molecule has 1 saturated heterocycles. The van der Waals surface area contributed by atoms with Crippen LogP contribution < -0.4 is 9.03 Å². The summed E-state index contributed by atoms with van der Waals surface area (Å²) in [6.07, 6.45) is 0.905. The molecule has 6 nitrogen and oxygen atoms in total. The first-order valence-electron chi connectivity index (χ1n) is 7.62. The molecule has 0 radical (unpaired) electrons. The Morgan fingerprint density at radius 1 is 1.28 bits per heavy atom. The molecule has 1 heterocycles. The standard InChI is InChI=1S/C17H17FN2O4S/c1-11-2-3-12(7-15(11)18)6-13-4-5-16(17(22)8-13)20-9-14(10-21)19-25(20,23)24/h2-5,7-8,10,14,19,22H,6,9H2,1H3. The molecule has 1 atom stereocenters. The van der Waals surface area contributed by atoms with Gasteiger partial charge in [0.1, 0.15) is 17.9 Å². The molecule has 0 bridgehead atoms. The zero-order valence-corrected chi connectivity index (χ0v) is 14.3. The summed E-state index contributed by atoms with van der Waals surface area (Å²) in [7, 11) is -3.86. The highest BCUT2D eigenvalue weighted by atomic mass is 32.2. The van der Waals surface area contributed by atoms with Crippen molar-refractivity contribution < 1.29 is 22.7 Å². The lowest BCUT2D eigenvalue weighted by Gasteiger charge is -2.17. The summed E-state index contributed by atoms with van der Waals surface area (Å²) in [4.78, 5) is 10.8. The minimum atomic E-state index is -3.86. The number of carbonyl (C=O) groups is 1. The molecule has 0 amide bonds. The van der Waals surface area contributed by atoms with Gasteiger partial charge in [0.15, 0.2) is 0 Å². The molecule has 132 valence electrons. The highest BCUT2D eigenvalue weighted by Gasteiger charge is 2.36. The molecule has 0 aliphatic carbocycles. The molecule has 0 spiro atoms. The second-order valence-electron chi connectivity index (χ2n) is 5.98. The molecule has 1 fully saturated rings. The van der Waals surface area contributed by atoms with Crippen molar-refractivity contribution in [1.29, 1.82) is 0 Å². The third-order valence-corrected chi connectivity index (χ3v) is 5.60. The molecule has 1 aliphatic rings. The van der Waals surface area contributed by atoms with Crippen molar-refractivity contribution in [3.63, 3.8) is 0 Å². The SMILES string of the molecule is Cc1ccc(Cc2ccc(N3CC(C=O)NS3(=O)=O)c(O)c2)cc1F. The lowest BCUT2D eigenvalue weighted by molar-refractivity contribution is -0.108. The summed E-state index contributed by atoms with van der Waals surface area (Å²) in [6, 6.07) is 8.65. The number of aromatic hydroxyl groups is 1. The van der Waals surface area contributed by atoms with Gasteiger partial charge in [-0.25, -0.2) is 4.39 Å². The Labute approximate surface area is 145 Å². The molecule has 2 aromatic rings. The molecule has 0 saturated carbocycles. The van der Waals surface area contributed by atoms with Crippen molar-refractivity contribution >= 4 is 22.2 Å². The van der Waals surface area contributed by atoms with Gasteiger partial charge in [0.25, 0.3) is 0 Å². The van der Waals surface area contributed by atoms with E-state index in [-0.39, 0.29) is 23.8 Å². The molecule has 3 rings (SSSR count). The minimum absolute atomic E-state index is 0.0814. The van der Waals surface area contributed by atoms with Gasteiger partial charge in [-0.15, -0.1) is 0 Å².